The number of unbranched alkanes of at least 4 members (excludes halogenated alkanes) is 1. The van der Waals surface area contributed by atoms with E-state index in [0.717, 1.165) is 18.6 Å². The molecule has 2 N–H and O–H groups in total. The number of ether oxygens (including phenoxy) is 2. The van der Waals surface area contributed by atoms with Crippen LogP contribution in [0.25, 0.3) is 0 Å². The molecule has 1 heterocycles. The summed E-state index contributed by atoms with van der Waals surface area (Å²) in [6.45, 7) is 5.56. The zero-order valence-electron chi connectivity index (χ0n) is 20.2. The van der Waals surface area contributed by atoms with Gasteiger partial charge in [-0.15, -0.1) is 10.2 Å². The molecule has 10 heteroatoms. The molecule has 3 rings (SSSR count). The number of hydrogen-bond donors (Lipinski definition) is 2. The van der Waals surface area contributed by atoms with Crippen molar-refractivity contribution in [2.24, 2.45) is 0 Å². The van der Waals surface area contributed by atoms with E-state index in [1.54, 1.807) is 43.5 Å². The summed E-state index contributed by atoms with van der Waals surface area (Å²) in [6.07, 6.45) is 1.93. The van der Waals surface area contributed by atoms with Crippen molar-refractivity contribution >= 4 is 29.3 Å². The first kappa shape index (κ1) is 26.1. The third-order valence-electron chi connectivity index (χ3n) is 5.07. The molecule has 35 heavy (non-hydrogen) atoms. The first-order valence-corrected chi connectivity index (χ1v) is 12.5. The number of nitrogens with one attached hydrogen (secondary N) is 2. The lowest BCUT2D eigenvalue weighted by Crippen LogP contribution is -2.25. The number of anilines is 1. The highest BCUT2D eigenvalue weighted by atomic mass is 32.2. The van der Waals surface area contributed by atoms with Crippen LogP contribution < -0.4 is 20.1 Å². The van der Waals surface area contributed by atoms with Crippen LogP contribution in [0.1, 0.15) is 42.9 Å². The van der Waals surface area contributed by atoms with Crippen molar-refractivity contribution in [3.05, 3.63) is 59.9 Å². The number of thioether (sulfide) groups is 1. The average Bonchev–Trinajstić information content (AvgIpc) is 3.27. The Morgan fingerprint density at radius 1 is 1.00 bits per heavy atom. The van der Waals surface area contributed by atoms with E-state index in [9.17, 15) is 9.59 Å². The van der Waals surface area contributed by atoms with Crippen molar-refractivity contribution in [1.82, 2.24) is 20.1 Å². The second-order valence-electron chi connectivity index (χ2n) is 7.61. The second-order valence-corrected chi connectivity index (χ2v) is 8.55. The van der Waals surface area contributed by atoms with Crippen LogP contribution in [0.3, 0.4) is 0 Å². The Balaban J connectivity index is 1.58. The number of methoxy groups -OCH3 is 1. The predicted molar refractivity (Wildman–Crippen MR) is 136 cm³/mol. The van der Waals surface area contributed by atoms with E-state index in [4.69, 9.17) is 9.47 Å². The highest BCUT2D eigenvalue weighted by Crippen LogP contribution is 2.20. The van der Waals surface area contributed by atoms with Gasteiger partial charge in [0.1, 0.15) is 11.5 Å². The molecule has 0 radical (unpaired) electrons. The van der Waals surface area contributed by atoms with Gasteiger partial charge in [-0.2, -0.15) is 0 Å². The summed E-state index contributed by atoms with van der Waals surface area (Å²) in [6, 6.07) is 14.2. The standard InChI is InChI=1S/C25H31N5O4S/c1-4-6-15-30-22(16-26-24(32)18-7-11-20(33-3)12-8-18)28-29-25(30)35-17-23(31)27-19-9-13-21(14-10-19)34-5-2/h7-14H,4-6,15-17H2,1-3H3,(H,26,32)(H,27,31). The first-order valence-electron chi connectivity index (χ1n) is 11.5. The monoisotopic (exact) mass is 497 g/mol. The van der Waals surface area contributed by atoms with Crippen molar-refractivity contribution in [1.29, 1.82) is 0 Å². The lowest BCUT2D eigenvalue weighted by Gasteiger charge is -2.11. The van der Waals surface area contributed by atoms with Crippen LogP contribution in [0.4, 0.5) is 5.69 Å². The summed E-state index contributed by atoms with van der Waals surface area (Å²) < 4.78 is 12.5. The number of nitrogens with zero attached hydrogens (tertiary/aromatic N) is 3. The molecule has 9 nitrogen and oxygen atoms in total. The average molecular weight is 498 g/mol. The molecule has 0 aliphatic heterocycles. The van der Waals surface area contributed by atoms with Gasteiger partial charge >= 0.3 is 0 Å². The lowest BCUT2D eigenvalue weighted by atomic mass is 10.2. The fourth-order valence-electron chi connectivity index (χ4n) is 3.23. The summed E-state index contributed by atoms with van der Waals surface area (Å²) in [5.74, 6) is 1.94. The summed E-state index contributed by atoms with van der Waals surface area (Å²) in [5.41, 5.74) is 1.24. The molecule has 0 bridgehead atoms. The Morgan fingerprint density at radius 3 is 2.37 bits per heavy atom. The molecule has 0 saturated carbocycles. The summed E-state index contributed by atoms with van der Waals surface area (Å²) in [7, 11) is 1.58. The van der Waals surface area contributed by atoms with Gasteiger partial charge in [-0.05, 0) is 61.9 Å². The predicted octanol–water partition coefficient (Wildman–Crippen LogP) is 4.15. The van der Waals surface area contributed by atoms with E-state index in [1.807, 2.05) is 23.6 Å². The van der Waals surface area contributed by atoms with Crippen molar-refractivity contribution in [2.75, 3.05) is 24.8 Å². The van der Waals surface area contributed by atoms with E-state index in [0.29, 0.717) is 41.1 Å². The quantitative estimate of drug-likeness (QED) is 0.342. The Morgan fingerprint density at radius 2 is 1.71 bits per heavy atom. The summed E-state index contributed by atoms with van der Waals surface area (Å²) in [5, 5.41) is 14.9. The van der Waals surface area contributed by atoms with Crippen LogP contribution in [0.2, 0.25) is 0 Å². The SMILES string of the molecule is CCCCn1c(CNC(=O)c2ccc(OC)cc2)nnc1SCC(=O)Nc1ccc(OCC)cc1. The van der Waals surface area contributed by atoms with E-state index >= 15 is 0 Å². The Hall–Kier alpha value is -3.53. The fraction of sp³-hybridized carbons (Fsp3) is 0.360. The van der Waals surface area contributed by atoms with Crippen LogP contribution in [-0.2, 0) is 17.9 Å². The Bertz CT molecular complexity index is 1100. The highest BCUT2D eigenvalue weighted by Gasteiger charge is 2.15. The van der Waals surface area contributed by atoms with Crippen molar-refractivity contribution in [3.8, 4) is 11.5 Å². The minimum absolute atomic E-state index is 0.140. The molecule has 186 valence electrons. The van der Waals surface area contributed by atoms with Crippen molar-refractivity contribution in [3.63, 3.8) is 0 Å². The maximum atomic E-state index is 12.5. The third-order valence-corrected chi connectivity index (χ3v) is 6.04. The van der Waals surface area contributed by atoms with Gasteiger partial charge in [0.05, 0.1) is 26.0 Å². The number of benzene rings is 2. The topological polar surface area (TPSA) is 107 Å². The molecule has 0 unspecified atom stereocenters. The van der Waals surface area contributed by atoms with Gasteiger partial charge in [-0.25, -0.2) is 0 Å². The van der Waals surface area contributed by atoms with Crippen LogP contribution in [0.15, 0.2) is 53.7 Å². The zero-order valence-corrected chi connectivity index (χ0v) is 21.1. The minimum atomic E-state index is -0.207. The van der Waals surface area contributed by atoms with Gasteiger partial charge in [-0.1, -0.05) is 25.1 Å². The summed E-state index contributed by atoms with van der Waals surface area (Å²) >= 11 is 1.32. The second kappa shape index (κ2) is 13.4. The van der Waals surface area contributed by atoms with Crippen LogP contribution in [-0.4, -0.2) is 46.0 Å². The van der Waals surface area contributed by atoms with Gasteiger partial charge in [0.2, 0.25) is 5.91 Å². The molecule has 0 aliphatic rings. The van der Waals surface area contributed by atoms with E-state index in [1.165, 1.54) is 11.8 Å². The number of hydrogen-bond acceptors (Lipinski definition) is 7. The van der Waals surface area contributed by atoms with Gasteiger partial charge in [0.25, 0.3) is 5.91 Å². The Kier molecular flexibility index (Phi) is 9.97. The van der Waals surface area contributed by atoms with E-state index in [-0.39, 0.29) is 24.1 Å². The molecule has 3 aromatic rings. The van der Waals surface area contributed by atoms with Crippen LogP contribution in [0, 0.1) is 0 Å². The van der Waals surface area contributed by atoms with Crippen molar-refractivity contribution < 1.29 is 19.1 Å². The minimum Gasteiger partial charge on any atom is -0.497 e. The normalized spacial score (nSPS) is 10.6. The molecule has 1 aromatic heterocycles. The van der Waals surface area contributed by atoms with E-state index in [2.05, 4.69) is 27.8 Å². The molecular weight excluding hydrogens is 466 g/mol. The van der Waals surface area contributed by atoms with E-state index < -0.39 is 0 Å². The maximum Gasteiger partial charge on any atom is 0.251 e. The zero-order chi connectivity index (χ0) is 25.0. The molecule has 0 atom stereocenters. The molecule has 0 saturated heterocycles. The highest BCUT2D eigenvalue weighted by molar-refractivity contribution is 7.99. The van der Waals surface area contributed by atoms with Gasteiger partial charge in [0.15, 0.2) is 11.0 Å². The van der Waals surface area contributed by atoms with Gasteiger partial charge in [0, 0.05) is 17.8 Å². The maximum absolute atomic E-state index is 12.5. The molecule has 0 fully saturated rings. The fourth-order valence-corrected chi connectivity index (χ4v) is 4.01. The third kappa shape index (κ3) is 7.74. The lowest BCUT2D eigenvalue weighted by molar-refractivity contribution is -0.113. The number of carbonyl (C=O) groups is 2. The number of carbonyl (C=O) groups excluding carboxylic acids is 2. The van der Waals surface area contributed by atoms with Crippen LogP contribution in [0.5, 0.6) is 11.5 Å². The molecule has 2 aromatic carbocycles. The first-order chi connectivity index (χ1) is 17.0. The number of rotatable bonds is 13. The largest absolute Gasteiger partial charge is 0.497 e. The Labute approximate surface area is 209 Å². The van der Waals surface area contributed by atoms with Gasteiger partial charge < -0.3 is 24.7 Å². The van der Waals surface area contributed by atoms with Gasteiger partial charge in [-0.3, -0.25) is 9.59 Å². The molecular formula is C25H31N5O4S. The number of amides is 2. The van der Waals surface area contributed by atoms with Crippen molar-refractivity contribution in [2.45, 2.75) is 44.9 Å². The molecule has 0 aliphatic carbocycles. The summed E-state index contributed by atoms with van der Waals surface area (Å²) in [4.78, 5) is 25.0. The van der Waals surface area contributed by atoms with Crippen LogP contribution >= 0.6 is 11.8 Å². The smallest absolute Gasteiger partial charge is 0.251 e. The molecule has 2 amide bonds. The molecule has 0 spiro atoms. The number of aromatic nitrogens is 3.